The lowest BCUT2D eigenvalue weighted by Crippen LogP contribution is -2.44. The number of benzene rings is 1. The Kier molecular flexibility index (Phi) is 4.27. The number of piperidine rings is 1. The van der Waals surface area contributed by atoms with Crippen molar-refractivity contribution in [3.63, 3.8) is 0 Å². The van der Waals surface area contributed by atoms with Crippen LogP contribution in [-0.4, -0.2) is 43.7 Å². The first-order valence-electron chi connectivity index (χ1n) is 9.14. The van der Waals surface area contributed by atoms with E-state index in [0.717, 1.165) is 30.2 Å². The van der Waals surface area contributed by atoms with Gasteiger partial charge in [-0.15, -0.1) is 0 Å². The molecule has 3 aliphatic heterocycles. The molecule has 0 N–H and O–H groups in total. The minimum Gasteiger partial charge on any atom is -0.489 e. The Labute approximate surface area is 147 Å². The molecule has 2 atom stereocenters. The summed E-state index contributed by atoms with van der Waals surface area (Å²) in [5.41, 5.74) is 1.92. The van der Waals surface area contributed by atoms with Crippen LogP contribution in [0.4, 0.5) is 16.2 Å². The molecule has 0 saturated carbocycles. The molecule has 0 aliphatic carbocycles. The van der Waals surface area contributed by atoms with Gasteiger partial charge < -0.3 is 19.2 Å². The van der Waals surface area contributed by atoms with Crippen LogP contribution in [0.15, 0.2) is 18.2 Å². The van der Waals surface area contributed by atoms with Crippen molar-refractivity contribution in [3.05, 3.63) is 18.2 Å². The van der Waals surface area contributed by atoms with E-state index in [9.17, 15) is 9.59 Å². The van der Waals surface area contributed by atoms with Crippen molar-refractivity contribution in [1.82, 2.24) is 0 Å². The topological polar surface area (TPSA) is 59.1 Å². The molecule has 6 heteroatoms. The Morgan fingerprint density at radius 2 is 2.04 bits per heavy atom. The molecule has 0 spiro atoms. The van der Waals surface area contributed by atoms with Gasteiger partial charge in [-0.3, -0.25) is 4.90 Å². The van der Waals surface area contributed by atoms with Gasteiger partial charge in [0.1, 0.15) is 30.3 Å². The first kappa shape index (κ1) is 16.2. The fraction of sp³-hybridized carbons (Fsp3) is 0.579. The van der Waals surface area contributed by atoms with Crippen molar-refractivity contribution in [1.29, 1.82) is 0 Å². The average Bonchev–Trinajstić information content (AvgIpc) is 2.96. The number of nitrogens with zero attached hydrogens (tertiary/aromatic N) is 2. The molecule has 4 rings (SSSR count). The molecule has 25 heavy (non-hydrogen) atoms. The maximum absolute atomic E-state index is 12.4. The minimum absolute atomic E-state index is 0.109. The summed E-state index contributed by atoms with van der Waals surface area (Å²) in [6.07, 6.45) is 4.07. The zero-order valence-electron chi connectivity index (χ0n) is 14.6. The Balaban J connectivity index is 1.55. The average molecular weight is 344 g/mol. The summed E-state index contributed by atoms with van der Waals surface area (Å²) in [6.45, 7) is 4.11. The predicted molar refractivity (Wildman–Crippen MR) is 94.5 cm³/mol. The highest BCUT2D eigenvalue weighted by Gasteiger charge is 2.46. The summed E-state index contributed by atoms with van der Waals surface area (Å²) >= 11 is 0. The number of ether oxygens (including phenoxy) is 2. The first-order chi connectivity index (χ1) is 12.1. The number of fused-ring (bicyclic) bond motifs is 3. The summed E-state index contributed by atoms with van der Waals surface area (Å²) < 4.78 is 11.5. The van der Waals surface area contributed by atoms with Crippen LogP contribution in [0.25, 0.3) is 0 Å². The zero-order valence-corrected chi connectivity index (χ0v) is 14.6. The molecule has 0 bridgehead atoms. The molecular formula is C19H24N2O4. The van der Waals surface area contributed by atoms with Gasteiger partial charge in [-0.05, 0) is 44.7 Å². The molecule has 2 saturated heterocycles. The van der Waals surface area contributed by atoms with Gasteiger partial charge in [0.05, 0.1) is 5.69 Å². The third kappa shape index (κ3) is 3.05. The largest absolute Gasteiger partial charge is 0.489 e. The van der Waals surface area contributed by atoms with Gasteiger partial charge in [0.2, 0.25) is 0 Å². The minimum atomic E-state index is -0.339. The molecule has 1 aromatic rings. The molecule has 6 nitrogen and oxygen atoms in total. The van der Waals surface area contributed by atoms with Gasteiger partial charge in [0.25, 0.3) is 0 Å². The van der Waals surface area contributed by atoms with Gasteiger partial charge in [-0.2, -0.15) is 0 Å². The predicted octanol–water partition coefficient (Wildman–Crippen LogP) is 3.13. The number of hydrogen-bond acceptors (Lipinski definition) is 5. The summed E-state index contributed by atoms with van der Waals surface area (Å²) in [5, 5.41) is 0. The Bertz CT molecular complexity index is 684. The van der Waals surface area contributed by atoms with Crippen molar-refractivity contribution < 1.29 is 19.1 Å². The lowest BCUT2D eigenvalue weighted by molar-refractivity contribution is -0.117. The fourth-order valence-corrected chi connectivity index (χ4v) is 3.96. The van der Waals surface area contributed by atoms with Crippen LogP contribution < -0.4 is 14.5 Å². The van der Waals surface area contributed by atoms with Crippen LogP contribution in [0.5, 0.6) is 5.75 Å². The third-order valence-corrected chi connectivity index (χ3v) is 5.32. The van der Waals surface area contributed by atoms with E-state index in [-0.39, 0.29) is 24.0 Å². The normalized spacial score (nSPS) is 25.1. The zero-order chi connectivity index (χ0) is 17.4. The number of hydrogen-bond donors (Lipinski definition) is 0. The SMILES string of the molecule is CC(=O)CC[C@@H]1OC(=O)N2c3ccc(N4CCCCC4)cc3OC[C@@H]12. The standard InChI is InChI=1S/C19H24N2O4/c1-13(22)5-8-17-16-12-24-18-11-14(20-9-3-2-4-10-20)6-7-15(18)21(16)19(23)25-17/h6-7,11,16-17H,2-5,8-10,12H2,1H3/t16-,17-/m0/s1. The maximum Gasteiger partial charge on any atom is 0.415 e. The number of ketones is 1. The maximum atomic E-state index is 12.4. The van der Waals surface area contributed by atoms with Crippen LogP contribution in [0, 0.1) is 0 Å². The van der Waals surface area contributed by atoms with Crippen LogP contribution in [0.3, 0.4) is 0 Å². The fourth-order valence-electron chi connectivity index (χ4n) is 3.96. The Hall–Kier alpha value is -2.24. The first-order valence-corrected chi connectivity index (χ1v) is 9.14. The molecule has 0 aromatic heterocycles. The molecule has 3 heterocycles. The van der Waals surface area contributed by atoms with E-state index in [1.54, 1.807) is 11.8 Å². The number of carbonyl (C=O) groups excluding carboxylic acids is 2. The number of anilines is 2. The quantitative estimate of drug-likeness (QED) is 0.840. The van der Waals surface area contributed by atoms with Crippen molar-refractivity contribution in [2.24, 2.45) is 0 Å². The molecule has 1 aromatic carbocycles. The lowest BCUT2D eigenvalue weighted by Gasteiger charge is -2.33. The second-order valence-corrected chi connectivity index (χ2v) is 7.11. The van der Waals surface area contributed by atoms with E-state index >= 15 is 0 Å². The summed E-state index contributed by atoms with van der Waals surface area (Å²) in [4.78, 5) is 27.7. The van der Waals surface area contributed by atoms with Gasteiger partial charge in [-0.1, -0.05) is 0 Å². The van der Waals surface area contributed by atoms with E-state index < -0.39 is 0 Å². The highest BCUT2D eigenvalue weighted by Crippen LogP contribution is 2.41. The van der Waals surface area contributed by atoms with Crippen molar-refractivity contribution in [2.45, 2.75) is 51.2 Å². The monoisotopic (exact) mass is 344 g/mol. The second-order valence-electron chi connectivity index (χ2n) is 7.11. The van der Waals surface area contributed by atoms with Gasteiger partial charge in [-0.25, -0.2) is 4.79 Å². The number of rotatable bonds is 4. The molecule has 0 radical (unpaired) electrons. The molecule has 0 unspecified atom stereocenters. The van der Waals surface area contributed by atoms with Crippen molar-refractivity contribution in [3.8, 4) is 5.75 Å². The molecule has 134 valence electrons. The highest BCUT2D eigenvalue weighted by atomic mass is 16.6. The smallest absolute Gasteiger partial charge is 0.415 e. The van der Waals surface area contributed by atoms with Gasteiger partial charge >= 0.3 is 6.09 Å². The molecule has 1 amide bonds. The number of Topliss-reactive ketones (excluding diaryl/α,β-unsaturated/α-hetero) is 1. The van der Waals surface area contributed by atoms with Gasteiger partial charge in [0, 0.05) is 31.3 Å². The van der Waals surface area contributed by atoms with Crippen molar-refractivity contribution >= 4 is 23.3 Å². The van der Waals surface area contributed by atoms with E-state index in [2.05, 4.69) is 11.0 Å². The van der Waals surface area contributed by atoms with Crippen molar-refractivity contribution in [2.75, 3.05) is 29.5 Å². The summed E-state index contributed by atoms with van der Waals surface area (Å²) in [6, 6.07) is 5.90. The number of amides is 1. The summed E-state index contributed by atoms with van der Waals surface area (Å²) in [7, 11) is 0. The van der Waals surface area contributed by atoms with Crippen LogP contribution in [0.1, 0.15) is 39.0 Å². The summed E-state index contributed by atoms with van der Waals surface area (Å²) in [5.74, 6) is 0.848. The van der Waals surface area contributed by atoms with Crippen LogP contribution in [0.2, 0.25) is 0 Å². The van der Waals surface area contributed by atoms with E-state index in [1.165, 1.54) is 19.3 Å². The number of carbonyl (C=O) groups is 2. The van der Waals surface area contributed by atoms with Gasteiger partial charge in [0.15, 0.2) is 0 Å². The second kappa shape index (κ2) is 6.58. The number of cyclic esters (lactones) is 1. The Morgan fingerprint density at radius 3 is 2.80 bits per heavy atom. The Morgan fingerprint density at radius 1 is 1.24 bits per heavy atom. The molecular weight excluding hydrogens is 320 g/mol. The van der Waals surface area contributed by atoms with E-state index in [4.69, 9.17) is 9.47 Å². The van der Waals surface area contributed by atoms with E-state index in [0.29, 0.717) is 19.4 Å². The lowest BCUT2D eigenvalue weighted by atomic mass is 10.0. The third-order valence-electron chi connectivity index (χ3n) is 5.32. The van der Waals surface area contributed by atoms with E-state index in [1.807, 2.05) is 12.1 Å². The highest BCUT2D eigenvalue weighted by molar-refractivity contribution is 5.93. The molecule has 3 aliphatic rings. The van der Waals surface area contributed by atoms with Crippen LogP contribution >= 0.6 is 0 Å². The molecule has 2 fully saturated rings. The van der Waals surface area contributed by atoms with Crippen LogP contribution in [-0.2, 0) is 9.53 Å².